The summed E-state index contributed by atoms with van der Waals surface area (Å²) in [6.45, 7) is 4.38. The van der Waals surface area contributed by atoms with Crippen molar-refractivity contribution >= 4 is 17.8 Å². The van der Waals surface area contributed by atoms with E-state index in [1.165, 1.54) is 13.8 Å². The Morgan fingerprint density at radius 2 is 1.33 bits per heavy atom. The van der Waals surface area contributed by atoms with Crippen molar-refractivity contribution in [2.75, 3.05) is 46.9 Å². The molecule has 0 radical (unpaired) electrons. The lowest BCUT2D eigenvalue weighted by atomic mass is 10.2. The highest BCUT2D eigenvalue weighted by molar-refractivity contribution is 5.76. The maximum atomic E-state index is 12.1. The van der Waals surface area contributed by atoms with Crippen molar-refractivity contribution in [3.8, 4) is 0 Å². The van der Waals surface area contributed by atoms with E-state index in [4.69, 9.17) is 9.47 Å². The Hall–Kier alpha value is -1.63. The van der Waals surface area contributed by atoms with Crippen LogP contribution in [0.2, 0.25) is 0 Å². The molecule has 0 heterocycles. The third-order valence-corrected chi connectivity index (χ3v) is 2.68. The first-order valence-corrected chi connectivity index (χ1v) is 7.02. The molecular formula is C14H26N2O5. The van der Waals surface area contributed by atoms with Gasteiger partial charge in [0.05, 0.1) is 13.1 Å². The van der Waals surface area contributed by atoms with Gasteiger partial charge in [-0.05, 0) is 27.1 Å². The summed E-state index contributed by atoms with van der Waals surface area (Å²) >= 11 is 0. The highest BCUT2D eigenvalue weighted by atomic mass is 16.5. The summed E-state index contributed by atoms with van der Waals surface area (Å²) in [5.74, 6) is -0.791. The lowest BCUT2D eigenvalue weighted by Gasteiger charge is -2.22. The standard InChI is InChI=1S/C14H26N2O5/c1-12(17)20-10-8-16(9-11-21-13(2)18)14(19)6-5-7-15(3)4/h5-11H2,1-4H3. The third kappa shape index (κ3) is 11.9. The molecule has 0 spiro atoms. The summed E-state index contributed by atoms with van der Waals surface area (Å²) in [6.07, 6.45) is 1.17. The van der Waals surface area contributed by atoms with Crippen LogP contribution in [0.15, 0.2) is 0 Å². The van der Waals surface area contributed by atoms with Gasteiger partial charge < -0.3 is 19.3 Å². The molecule has 0 saturated carbocycles. The van der Waals surface area contributed by atoms with Gasteiger partial charge in [-0.3, -0.25) is 14.4 Å². The lowest BCUT2D eigenvalue weighted by Crippen LogP contribution is -2.37. The zero-order chi connectivity index (χ0) is 16.3. The number of carbonyl (C=O) groups excluding carboxylic acids is 3. The first kappa shape index (κ1) is 19.4. The highest BCUT2D eigenvalue weighted by Gasteiger charge is 2.14. The van der Waals surface area contributed by atoms with E-state index in [2.05, 4.69) is 0 Å². The van der Waals surface area contributed by atoms with Crippen LogP contribution in [0.5, 0.6) is 0 Å². The van der Waals surface area contributed by atoms with Gasteiger partial charge in [0.25, 0.3) is 0 Å². The summed E-state index contributed by atoms with van der Waals surface area (Å²) in [6, 6.07) is 0. The van der Waals surface area contributed by atoms with Crippen LogP contribution in [0.3, 0.4) is 0 Å². The molecule has 7 nitrogen and oxygen atoms in total. The normalized spacial score (nSPS) is 10.3. The van der Waals surface area contributed by atoms with Crippen molar-refractivity contribution < 1.29 is 23.9 Å². The summed E-state index contributed by atoms with van der Waals surface area (Å²) < 4.78 is 9.69. The van der Waals surface area contributed by atoms with Gasteiger partial charge in [0.15, 0.2) is 0 Å². The van der Waals surface area contributed by atoms with Crippen LogP contribution in [-0.4, -0.2) is 74.6 Å². The van der Waals surface area contributed by atoms with Crippen molar-refractivity contribution in [3.63, 3.8) is 0 Å². The SMILES string of the molecule is CC(=O)OCCN(CCOC(C)=O)C(=O)CCCN(C)C. The maximum absolute atomic E-state index is 12.1. The Labute approximate surface area is 126 Å². The molecule has 21 heavy (non-hydrogen) atoms. The first-order valence-electron chi connectivity index (χ1n) is 7.02. The second-order valence-electron chi connectivity index (χ2n) is 4.97. The molecular weight excluding hydrogens is 276 g/mol. The van der Waals surface area contributed by atoms with Crippen LogP contribution >= 0.6 is 0 Å². The minimum atomic E-state index is -0.380. The molecule has 0 aliphatic carbocycles. The van der Waals surface area contributed by atoms with Crippen molar-refractivity contribution in [1.82, 2.24) is 9.80 Å². The van der Waals surface area contributed by atoms with Crippen molar-refractivity contribution in [1.29, 1.82) is 0 Å². The van der Waals surface area contributed by atoms with Crippen LogP contribution in [0.4, 0.5) is 0 Å². The predicted octanol–water partition coefficient (Wildman–Crippen LogP) is 0.283. The second-order valence-corrected chi connectivity index (χ2v) is 4.97. The van der Waals surface area contributed by atoms with E-state index in [-0.39, 0.29) is 31.1 Å². The van der Waals surface area contributed by atoms with Gasteiger partial charge in [0.1, 0.15) is 13.2 Å². The van der Waals surface area contributed by atoms with E-state index in [0.29, 0.717) is 19.5 Å². The fourth-order valence-corrected chi connectivity index (χ4v) is 1.66. The van der Waals surface area contributed by atoms with Crippen molar-refractivity contribution in [2.45, 2.75) is 26.7 Å². The first-order chi connectivity index (χ1) is 9.82. The Kier molecular flexibility index (Phi) is 10.2. The fourth-order valence-electron chi connectivity index (χ4n) is 1.66. The molecule has 0 N–H and O–H groups in total. The number of ether oxygens (including phenoxy) is 2. The molecule has 0 aliphatic rings. The van der Waals surface area contributed by atoms with E-state index in [9.17, 15) is 14.4 Å². The molecule has 1 amide bonds. The van der Waals surface area contributed by atoms with Gasteiger partial charge >= 0.3 is 11.9 Å². The lowest BCUT2D eigenvalue weighted by molar-refractivity contribution is -0.145. The molecule has 122 valence electrons. The number of amides is 1. The summed E-state index contributed by atoms with van der Waals surface area (Å²) in [5.41, 5.74) is 0. The molecule has 0 aromatic carbocycles. The molecule has 0 atom stereocenters. The van der Waals surface area contributed by atoms with E-state index >= 15 is 0 Å². The zero-order valence-electron chi connectivity index (χ0n) is 13.4. The van der Waals surface area contributed by atoms with Gasteiger partial charge in [-0.1, -0.05) is 0 Å². The Morgan fingerprint density at radius 1 is 0.857 bits per heavy atom. The molecule has 0 unspecified atom stereocenters. The number of nitrogens with zero attached hydrogens (tertiary/aromatic N) is 2. The fraction of sp³-hybridized carbons (Fsp3) is 0.786. The largest absolute Gasteiger partial charge is 0.464 e. The molecule has 0 aliphatic heterocycles. The number of esters is 2. The van der Waals surface area contributed by atoms with E-state index in [1.807, 2.05) is 19.0 Å². The molecule has 0 aromatic heterocycles. The summed E-state index contributed by atoms with van der Waals surface area (Å²) in [7, 11) is 3.90. The van der Waals surface area contributed by atoms with Crippen molar-refractivity contribution in [2.24, 2.45) is 0 Å². The van der Waals surface area contributed by atoms with Crippen LogP contribution in [0, 0.1) is 0 Å². The van der Waals surface area contributed by atoms with E-state index in [0.717, 1.165) is 13.0 Å². The van der Waals surface area contributed by atoms with Crippen LogP contribution in [-0.2, 0) is 23.9 Å². The Balaban J connectivity index is 4.22. The van der Waals surface area contributed by atoms with Crippen LogP contribution in [0.25, 0.3) is 0 Å². The zero-order valence-corrected chi connectivity index (χ0v) is 13.4. The Morgan fingerprint density at radius 3 is 1.71 bits per heavy atom. The average molecular weight is 302 g/mol. The summed E-state index contributed by atoms with van der Waals surface area (Å²) in [4.78, 5) is 37.2. The maximum Gasteiger partial charge on any atom is 0.302 e. The molecule has 0 saturated heterocycles. The summed E-state index contributed by atoms with van der Waals surface area (Å²) in [5, 5.41) is 0. The monoisotopic (exact) mass is 302 g/mol. The number of carbonyl (C=O) groups is 3. The average Bonchev–Trinajstić information content (AvgIpc) is 2.35. The van der Waals surface area contributed by atoms with Gasteiger partial charge in [-0.2, -0.15) is 0 Å². The second kappa shape index (κ2) is 11.1. The van der Waals surface area contributed by atoms with Crippen LogP contribution in [0.1, 0.15) is 26.7 Å². The quantitative estimate of drug-likeness (QED) is 0.540. The topological polar surface area (TPSA) is 76.1 Å². The van der Waals surface area contributed by atoms with E-state index < -0.39 is 0 Å². The van der Waals surface area contributed by atoms with E-state index in [1.54, 1.807) is 4.90 Å². The van der Waals surface area contributed by atoms with Gasteiger partial charge in [0, 0.05) is 20.3 Å². The molecule has 7 heteroatoms. The minimum Gasteiger partial charge on any atom is -0.464 e. The third-order valence-electron chi connectivity index (χ3n) is 2.68. The van der Waals surface area contributed by atoms with Crippen molar-refractivity contribution in [3.05, 3.63) is 0 Å². The number of hydrogen-bond donors (Lipinski definition) is 0. The van der Waals surface area contributed by atoms with Gasteiger partial charge in [0.2, 0.25) is 5.91 Å². The Bertz CT molecular complexity index is 324. The smallest absolute Gasteiger partial charge is 0.302 e. The number of rotatable bonds is 10. The molecule has 0 bridgehead atoms. The predicted molar refractivity (Wildman–Crippen MR) is 77.6 cm³/mol. The molecule has 0 aromatic rings. The highest BCUT2D eigenvalue weighted by Crippen LogP contribution is 2.00. The minimum absolute atomic E-state index is 0.0313. The van der Waals surface area contributed by atoms with Gasteiger partial charge in [-0.25, -0.2) is 0 Å². The van der Waals surface area contributed by atoms with Crippen LogP contribution < -0.4 is 0 Å². The molecule has 0 rings (SSSR count). The number of hydrogen-bond acceptors (Lipinski definition) is 6. The molecule has 0 fully saturated rings. The van der Waals surface area contributed by atoms with Gasteiger partial charge in [-0.15, -0.1) is 0 Å².